The number of carbonyl (C=O) groups excluding carboxylic acids is 1. The highest BCUT2D eigenvalue weighted by molar-refractivity contribution is 5.89. The van der Waals surface area contributed by atoms with Crippen LogP contribution in [-0.4, -0.2) is 29.8 Å². The molecule has 1 heterocycles. The van der Waals surface area contributed by atoms with Crippen LogP contribution in [0.15, 0.2) is 0 Å². The van der Waals surface area contributed by atoms with E-state index in [4.69, 9.17) is 0 Å². The summed E-state index contributed by atoms with van der Waals surface area (Å²) in [7, 11) is 2.08. The van der Waals surface area contributed by atoms with Crippen LogP contribution in [0.25, 0.3) is 0 Å². The molecule has 0 bridgehead atoms. The van der Waals surface area contributed by atoms with Crippen molar-refractivity contribution in [1.82, 2.24) is 4.90 Å². The average Bonchev–Trinajstić information content (AvgIpc) is 2.81. The Labute approximate surface area is 73.9 Å². The maximum Gasteiger partial charge on any atom is 0.154 e. The Balaban J connectivity index is 1.94. The summed E-state index contributed by atoms with van der Waals surface area (Å²) in [5, 5.41) is 0. The first kappa shape index (κ1) is 8.24. The molecule has 1 saturated carbocycles. The van der Waals surface area contributed by atoms with Gasteiger partial charge < -0.3 is 0 Å². The van der Waals surface area contributed by atoms with Crippen LogP contribution in [0, 0.1) is 11.8 Å². The Hall–Kier alpha value is -0.370. The van der Waals surface area contributed by atoms with Crippen LogP contribution in [-0.2, 0) is 4.79 Å². The highest BCUT2D eigenvalue weighted by Gasteiger charge is 2.56. The highest BCUT2D eigenvalue weighted by atomic mass is 16.1. The van der Waals surface area contributed by atoms with Crippen LogP contribution in [0.1, 0.15) is 26.7 Å². The molecule has 12 heavy (non-hydrogen) atoms. The Morgan fingerprint density at radius 3 is 2.42 bits per heavy atom. The lowest BCUT2D eigenvalue weighted by atomic mass is 10.0. The quantitative estimate of drug-likeness (QED) is 0.590. The second-order valence-corrected chi connectivity index (χ2v) is 4.50. The molecule has 2 aliphatic rings. The SMILES string of the molecule is CC(C)C(=O)C1C(C2CC2)N1C. The molecule has 2 nitrogen and oxygen atoms in total. The van der Waals surface area contributed by atoms with Gasteiger partial charge in [-0.15, -0.1) is 0 Å². The van der Waals surface area contributed by atoms with Gasteiger partial charge in [-0.3, -0.25) is 9.69 Å². The number of hydrogen-bond acceptors (Lipinski definition) is 2. The normalized spacial score (nSPS) is 40.2. The zero-order valence-corrected chi connectivity index (χ0v) is 8.08. The molecular weight excluding hydrogens is 150 g/mol. The van der Waals surface area contributed by atoms with Gasteiger partial charge in [0.25, 0.3) is 0 Å². The predicted octanol–water partition coefficient (Wildman–Crippen LogP) is 1.30. The van der Waals surface area contributed by atoms with Gasteiger partial charge in [-0.05, 0) is 25.8 Å². The molecule has 1 aliphatic carbocycles. The number of Topliss-reactive ketones (excluding diaryl/α,β-unsaturated/α-hetero) is 1. The molecule has 3 unspecified atom stereocenters. The zero-order chi connectivity index (χ0) is 8.88. The Morgan fingerprint density at radius 1 is 1.42 bits per heavy atom. The molecule has 1 aliphatic heterocycles. The summed E-state index contributed by atoms with van der Waals surface area (Å²) >= 11 is 0. The minimum absolute atomic E-state index is 0.209. The number of ketones is 1. The van der Waals surface area contributed by atoms with Crippen LogP contribution in [0.2, 0.25) is 0 Å². The third-order valence-corrected chi connectivity index (χ3v) is 3.11. The van der Waals surface area contributed by atoms with Gasteiger partial charge in [0, 0.05) is 12.0 Å². The molecule has 0 aromatic carbocycles. The number of carbonyl (C=O) groups is 1. The van der Waals surface area contributed by atoms with Crippen LogP contribution in [0.5, 0.6) is 0 Å². The molecule has 3 atom stereocenters. The van der Waals surface area contributed by atoms with Crippen molar-refractivity contribution in [2.45, 2.75) is 38.8 Å². The van der Waals surface area contributed by atoms with Gasteiger partial charge in [-0.2, -0.15) is 0 Å². The summed E-state index contributed by atoms with van der Waals surface area (Å²) in [5.41, 5.74) is 0. The topological polar surface area (TPSA) is 20.1 Å². The first-order chi connectivity index (χ1) is 5.63. The summed E-state index contributed by atoms with van der Waals surface area (Å²) in [6, 6.07) is 0.886. The average molecular weight is 167 g/mol. The van der Waals surface area contributed by atoms with Crippen molar-refractivity contribution in [3.8, 4) is 0 Å². The largest absolute Gasteiger partial charge is 0.298 e. The second kappa shape index (κ2) is 2.56. The number of likely N-dealkylation sites (N-methyl/N-ethyl adjacent to an activating group) is 1. The Morgan fingerprint density at radius 2 is 2.00 bits per heavy atom. The third-order valence-electron chi connectivity index (χ3n) is 3.11. The van der Waals surface area contributed by atoms with Crippen LogP contribution in [0.3, 0.4) is 0 Å². The van der Waals surface area contributed by atoms with Crippen LogP contribution >= 0.6 is 0 Å². The lowest BCUT2D eigenvalue weighted by Gasteiger charge is -2.00. The van der Waals surface area contributed by atoms with Gasteiger partial charge in [0.15, 0.2) is 5.78 Å². The van der Waals surface area contributed by atoms with Gasteiger partial charge in [0.05, 0.1) is 6.04 Å². The first-order valence-electron chi connectivity index (χ1n) is 4.88. The molecule has 68 valence electrons. The van der Waals surface area contributed by atoms with E-state index in [0.29, 0.717) is 11.8 Å². The van der Waals surface area contributed by atoms with Crippen molar-refractivity contribution >= 4 is 5.78 Å². The summed E-state index contributed by atoms with van der Waals surface area (Å²) in [5.74, 6) is 1.50. The van der Waals surface area contributed by atoms with Crippen molar-refractivity contribution < 1.29 is 4.79 Å². The smallest absolute Gasteiger partial charge is 0.154 e. The second-order valence-electron chi connectivity index (χ2n) is 4.50. The van der Waals surface area contributed by atoms with Crippen molar-refractivity contribution in [2.24, 2.45) is 11.8 Å². The minimum Gasteiger partial charge on any atom is -0.298 e. The summed E-state index contributed by atoms with van der Waals surface area (Å²) in [4.78, 5) is 13.9. The van der Waals surface area contributed by atoms with E-state index in [9.17, 15) is 4.79 Å². The van der Waals surface area contributed by atoms with Crippen molar-refractivity contribution in [3.05, 3.63) is 0 Å². The number of hydrogen-bond donors (Lipinski definition) is 0. The van der Waals surface area contributed by atoms with E-state index in [0.717, 1.165) is 5.92 Å². The van der Waals surface area contributed by atoms with Crippen LogP contribution in [0.4, 0.5) is 0 Å². The molecule has 2 fully saturated rings. The Bertz CT molecular complexity index is 208. The molecule has 0 N–H and O–H groups in total. The van der Waals surface area contributed by atoms with E-state index in [1.165, 1.54) is 12.8 Å². The standard InChI is InChI=1S/C10H17NO/c1-6(2)10(12)9-8(11(9)3)7-4-5-7/h6-9H,4-5H2,1-3H3. The van der Waals surface area contributed by atoms with Gasteiger partial charge in [-0.25, -0.2) is 0 Å². The third kappa shape index (κ3) is 1.18. The van der Waals surface area contributed by atoms with E-state index < -0.39 is 0 Å². The van der Waals surface area contributed by atoms with E-state index in [-0.39, 0.29) is 12.0 Å². The fraction of sp³-hybridized carbons (Fsp3) is 0.900. The van der Waals surface area contributed by atoms with Gasteiger partial charge >= 0.3 is 0 Å². The maximum absolute atomic E-state index is 11.6. The van der Waals surface area contributed by atoms with Crippen LogP contribution < -0.4 is 0 Å². The molecule has 2 heteroatoms. The molecule has 0 aromatic rings. The summed E-state index contributed by atoms with van der Waals surface area (Å²) in [6.45, 7) is 4.00. The van der Waals surface area contributed by atoms with E-state index in [2.05, 4.69) is 11.9 Å². The maximum atomic E-state index is 11.6. The number of nitrogens with zero attached hydrogens (tertiary/aromatic N) is 1. The lowest BCUT2D eigenvalue weighted by molar-refractivity contribution is -0.122. The van der Waals surface area contributed by atoms with Gasteiger partial charge in [-0.1, -0.05) is 13.8 Å². The van der Waals surface area contributed by atoms with E-state index in [1.807, 2.05) is 13.8 Å². The van der Waals surface area contributed by atoms with Gasteiger partial charge in [0.1, 0.15) is 0 Å². The summed E-state index contributed by atoms with van der Waals surface area (Å²) < 4.78 is 0. The van der Waals surface area contributed by atoms with Gasteiger partial charge in [0.2, 0.25) is 0 Å². The molecule has 1 saturated heterocycles. The fourth-order valence-electron chi connectivity index (χ4n) is 2.10. The summed E-state index contributed by atoms with van der Waals surface area (Å²) in [6.07, 6.45) is 2.69. The molecule has 0 aromatic heterocycles. The van der Waals surface area contributed by atoms with Crippen molar-refractivity contribution in [2.75, 3.05) is 7.05 Å². The van der Waals surface area contributed by atoms with E-state index >= 15 is 0 Å². The first-order valence-corrected chi connectivity index (χ1v) is 4.88. The van der Waals surface area contributed by atoms with Crippen molar-refractivity contribution in [3.63, 3.8) is 0 Å². The molecule has 0 radical (unpaired) electrons. The molecule has 0 spiro atoms. The molecular formula is C10H17NO. The fourth-order valence-corrected chi connectivity index (χ4v) is 2.10. The molecule has 2 rings (SSSR count). The van der Waals surface area contributed by atoms with E-state index in [1.54, 1.807) is 0 Å². The lowest BCUT2D eigenvalue weighted by Crippen LogP contribution is -2.18. The minimum atomic E-state index is 0.209. The van der Waals surface area contributed by atoms with Crippen molar-refractivity contribution in [1.29, 1.82) is 0 Å². The Kier molecular flexibility index (Phi) is 1.76. The highest BCUT2D eigenvalue weighted by Crippen LogP contribution is 2.46. The monoisotopic (exact) mass is 167 g/mol. The number of rotatable bonds is 3. The predicted molar refractivity (Wildman–Crippen MR) is 47.9 cm³/mol. The zero-order valence-electron chi connectivity index (χ0n) is 8.08. The molecule has 0 amide bonds.